The Labute approximate surface area is 193 Å². The molecule has 3 aromatic rings. The van der Waals surface area contributed by atoms with Crippen molar-refractivity contribution in [3.05, 3.63) is 52.4 Å². The molecule has 0 aliphatic heterocycles. The van der Waals surface area contributed by atoms with E-state index in [0.717, 1.165) is 4.47 Å². The number of nitrogens with zero attached hydrogens (tertiary/aromatic N) is 2. The van der Waals surface area contributed by atoms with Gasteiger partial charge in [0, 0.05) is 17.8 Å². The molecule has 34 heavy (non-hydrogen) atoms. The summed E-state index contributed by atoms with van der Waals surface area (Å²) in [5.74, 6) is -5.03. The van der Waals surface area contributed by atoms with E-state index in [0.29, 0.717) is 5.82 Å². The largest absolute Gasteiger partial charge is 0.477 e. The van der Waals surface area contributed by atoms with Crippen LogP contribution in [-0.2, 0) is 15.8 Å². The number of carbonyl (C=O) groups excluding carboxylic acids is 1. The van der Waals surface area contributed by atoms with Crippen LogP contribution in [0.4, 0.5) is 32.2 Å². The topological polar surface area (TPSA) is 159 Å². The average molecular weight is 559 g/mol. The van der Waals surface area contributed by atoms with Gasteiger partial charge in [0.2, 0.25) is 5.78 Å². The molecular weight excluding hydrogens is 546 g/mol. The van der Waals surface area contributed by atoms with Crippen molar-refractivity contribution in [1.29, 1.82) is 0 Å². The molecule has 5 N–H and O–H groups in total. The van der Waals surface area contributed by atoms with Crippen LogP contribution in [0, 0.1) is 0 Å². The number of pyridine rings is 2. The quantitative estimate of drug-likeness (QED) is 0.273. The summed E-state index contributed by atoms with van der Waals surface area (Å²) >= 11 is 3.21. The summed E-state index contributed by atoms with van der Waals surface area (Å²) in [7, 11) is 0. The smallest absolute Gasteiger partial charge is 0.419 e. The zero-order chi connectivity index (χ0) is 26.3. The van der Waals surface area contributed by atoms with E-state index in [9.17, 15) is 40.7 Å². The molecule has 0 aromatic carbocycles. The molecule has 0 saturated heterocycles. The second-order valence-corrected chi connectivity index (χ2v) is 6.82. The van der Waals surface area contributed by atoms with Gasteiger partial charge in [0.25, 0.3) is 0 Å². The first-order valence-electron chi connectivity index (χ1n) is 8.50. The molecule has 3 aromatic heterocycles. The molecule has 3 heterocycles. The third-order valence-electron chi connectivity index (χ3n) is 3.45. The van der Waals surface area contributed by atoms with Gasteiger partial charge < -0.3 is 20.9 Å². The second-order valence-electron chi connectivity index (χ2n) is 5.97. The van der Waals surface area contributed by atoms with Crippen LogP contribution >= 0.6 is 15.9 Å². The average Bonchev–Trinajstić information content (AvgIpc) is 3.10. The molecule has 0 aliphatic rings. The highest BCUT2D eigenvalue weighted by Gasteiger charge is 2.39. The maximum atomic E-state index is 12.7. The number of halogens is 7. The van der Waals surface area contributed by atoms with Crippen LogP contribution in [0.1, 0.15) is 22.5 Å². The fourth-order valence-electron chi connectivity index (χ4n) is 2.13. The van der Waals surface area contributed by atoms with Gasteiger partial charge in [0.15, 0.2) is 0 Å². The number of Topliss-reactive ketones (excluding diaryl/α,β-unsaturated/α-hetero) is 1. The first-order chi connectivity index (χ1) is 15.5. The van der Waals surface area contributed by atoms with E-state index in [1.807, 2.05) is 12.1 Å². The summed E-state index contributed by atoms with van der Waals surface area (Å²) in [6.07, 6.45) is -8.42. The van der Waals surface area contributed by atoms with Crippen molar-refractivity contribution in [1.82, 2.24) is 15.0 Å². The number of anilines is 1. The van der Waals surface area contributed by atoms with Crippen molar-refractivity contribution < 1.29 is 50.9 Å². The number of hydrogen-bond donors (Lipinski definition) is 4. The highest BCUT2D eigenvalue weighted by atomic mass is 79.9. The van der Waals surface area contributed by atoms with Crippen molar-refractivity contribution in [2.45, 2.75) is 18.8 Å². The Bertz CT molecular complexity index is 1160. The first kappa shape index (κ1) is 28.3. The minimum atomic E-state index is -4.73. The number of carboxylic acid groups (broad SMARTS) is 2. The third kappa shape index (κ3) is 8.68. The van der Waals surface area contributed by atoms with Gasteiger partial charge in [-0.2, -0.15) is 26.3 Å². The van der Waals surface area contributed by atoms with Crippen LogP contribution in [-0.4, -0.2) is 49.1 Å². The van der Waals surface area contributed by atoms with Gasteiger partial charge in [-0.05, 0) is 40.2 Å². The SMILES string of the molecule is Nc1ncccc1Br.O=C(O)C(=O)CC(F)(F)F.O=C(O)c1[nH]c2ncccc2c1C(F)(F)F. The van der Waals surface area contributed by atoms with Crippen molar-refractivity contribution in [3.8, 4) is 0 Å². The second kappa shape index (κ2) is 11.4. The van der Waals surface area contributed by atoms with Gasteiger partial charge >= 0.3 is 24.3 Å². The van der Waals surface area contributed by atoms with Crippen molar-refractivity contribution in [2.75, 3.05) is 5.73 Å². The summed E-state index contributed by atoms with van der Waals surface area (Å²) in [5, 5.41) is 16.1. The van der Waals surface area contributed by atoms with Gasteiger partial charge in [-0.15, -0.1) is 0 Å². The molecular formula is C18H13BrF6N4O5. The third-order valence-corrected chi connectivity index (χ3v) is 4.12. The number of nitrogen functional groups attached to an aromatic ring is 1. The predicted molar refractivity (Wildman–Crippen MR) is 108 cm³/mol. The van der Waals surface area contributed by atoms with Gasteiger partial charge in [-0.25, -0.2) is 19.6 Å². The Morgan fingerprint density at radius 2 is 1.56 bits per heavy atom. The molecule has 0 spiro atoms. The Hall–Kier alpha value is -3.69. The molecule has 0 atom stereocenters. The molecule has 9 nitrogen and oxygen atoms in total. The fourth-order valence-corrected chi connectivity index (χ4v) is 2.39. The minimum Gasteiger partial charge on any atom is -0.477 e. The zero-order valence-electron chi connectivity index (χ0n) is 16.4. The monoisotopic (exact) mass is 558 g/mol. The Balaban J connectivity index is 0.000000277. The van der Waals surface area contributed by atoms with E-state index in [1.165, 1.54) is 18.3 Å². The number of carbonyl (C=O) groups is 3. The van der Waals surface area contributed by atoms with Crippen molar-refractivity contribution in [2.24, 2.45) is 0 Å². The molecule has 0 amide bonds. The van der Waals surface area contributed by atoms with Crippen LogP contribution in [0.3, 0.4) is 0 Å². The number of aromatic nitrogens is 3. The standard InChI is InChI=1S/C9H5F3N2O2.C5H5BrN2.C4H3F3O3/c10-9(11,12)5-4-2-1-3-13-7(4)14-6(5)8(15)16;6-4-2-1-3-8-5(4)7;5-4(6,7)1-2(8)3(9)10/h1-3H,(H,13,14)(H,15,16);1-3H,(H2,7,8);1H2,(H,9,10). The number of aromatic carboxylic acids is 1. The van der Waals surface area contributed by atoms with Crippen LogP contribution in [0.5, 0.6) is 0 Å². The fraction of sp³-hybridized carbons (Fsp3) is 0.167. The molecule has 184 valence electrons. The van der Waals surface area contributed by atoms with Gasteiger partial charge in [0.1, 0.15) is 23.6 Å². The molecule has 0 fully saturated rings. The maximum Gasteiger partial charge on any atom is 0.419 e. The first-order valence-corrected chi connectivity index (χ1v) is 9.30. The molecule has 3 rings (SSSR count). The molecule has 0 radical (unpaired) electrons. The van der Waals surface area contributed by atoms with Gasteiger partial charge in [-0.3, -0.25) is 4.79 Å². The molecule has 0 bridgehead atoms. The number of aliphatic carboxylic acids is 1. The van der Waals surface area contributed by atoms with E-state index < -0.39 is 47.8 Å². The summed E-state index contributed by atoms with van der Waals surface area (Å²) < 4.78 is 72.4. The van der Waals surface area contributed by atoms with E-state index in [-0.39, 0.29) is 11.0 Å². The molecule has 0 aliphatic carbocycles. The lowest BCUT2D eigenvalue weighted by Crippen LogP contribution is -2.21. The van der Waals surface area contributed by atoms with Crippen LogP contribution in [0.15, 0.2) is 41.1 Å². The number of ketones is 1. The summed E-state index contributed by atoms with van der Waals surface area (Å²) in [4.78, 5) is 39.6. The highest BCUT2D eigenvalue weighted by Crippen LogP contribution is 2.37. The summed E-state index contributed by atoms with van der Waals surface area (Å²) in [5.41, 5.74) is 3.19. The minimum absolute atomic E-state index is 0.0905. The number of rotatable bonds is 3. The van der Waals surface area contributed by atoms with Crippen LogP contribution in [0.25, 0.3) is 11.0 Å². The molecule has 0 saturated carbocycles. The zero-order valence-corrected chi connectivity index (χ0v) is 18.0. The van der Waals surface area contributed by atoms with Crippen LogP contribution < -0.4 is 5.73 Å². The predicted octanol–water partition coefficient (Wildman–Crippen LogP) is 4.30. The number of H-pyrrole nitrogens is 1. The summed E-state index contributed by atoms with van der Waals surface area (Å²) in [6, 6.07) is 6.16. The number of alkyl halides is 6. The van der Waals surface area contributed by atoms with Crippen LogP contribution in [0.2, 0.25) is 0 Å². The lowest BCUT2D eigenvalue weighted by Gasteiger charge is -2.05. The maximum absolute atomic E-state index is 12.7. The van der Waals surface area contributed by atoms with Crippen molar-refractivity contribution >= 4 is 50.5 Å². The summed E-state index contributed by atoms with van der Waals surface area (Å²) in [6.45, 7) is 0. The van der Waals surface area contributed by atoms with E-state index in [4.69, 9.17) is 15.9 Å². The Kier molecular flexibility index (Phi) is 9.54. The van der Waals surface area contributed by atoms with E-state index >= 15 is 0 Å². The normalized spacial score (nSPS) is 11.0. The number of fused-ring (bicyclic) bond motifs is 1. The molecule has 0 unspecified atom stereocenters. The molecule has 16 heteroatoms. The number of aromatic amines is 1. The lowest BCUT2D eigenvalue weighted by atomic mass is 10.1. The van der Waals surface area contributed by atoms with E-state index in [1.54, 1.807) is 6.20 Å². The van der Waals surface area contributed by atoms with E-state index in [2.05, 4.69) is 30.9 Å². The highest BCUT2D eigenvalue weighted by molar-refractivity contribution is 9.10. The lowest BCUT2D eigenvalue weighted by molar-refractivity contribution is -0.164. The Morgan fingerprint density at radius 3 is 1.94 bits per heavy atom. The van der Waals surface area contributed by atoms with Gasteiger partial charge in [-0.1, -0.05) is 0 Å². The Morgan fingerprint density at radius 1 is 1.00 bits per heavy atom. The number of carboxylic acids is 2. The van der Waals surface area contributed by atoms with Crippen molar-refractivity contribution in [3.63, 3.8) is 0 Å². The van der Waals surface area contributed by atoms with Gasteiger partial charge in [0.05, 0.1) is 10.0 Å². The number of hydrogen-bond acceptors (Lipinski definition) is 6. The number of nitrogens with two attached hydrogens (primary N) is 1. The number of nitrogens with one attached hydrogen (secondary N) is 1.